The third-order valence-corrected chi connectivity index (χ3v) is 5.45. The number of rotatable bonds is 5. The maximum atomic E-state index is 13.9. The number of nitrogens with one attached hydrogen (secondary N) is 1. The Labute approximate surface area is 158 Å². The number of carbonyl (C=O) groups is 1. The summed E-state index contributed by atoms with van der Waals surface area (Å²) in [4.78, 5) is 30.4. The van der Waals surface area contributed by atoms with Crippen molar-refractivity contribution in [3.05, 3.63) is 44.3 Å². The highest BCUT2D eigenvalue weighted by Crippen LogP contribution is 2.41. The maximum absolute atomic E-state index is 13.9. The summed E-state index contributed by atoms with van der Waals surface area (Å²) in [5.41, 5.74) is 0.538. The maximum Gasteiger partial charge on any atom is 0.471 e. The summed E-state index contributed by atoms with van der Waals surface area (Å²) in [6.07, 6.45) is -1.26. The molecule has 1 unspecified atom stereocenters. The summed E-state index contributed by atoms with van der Waals surface area (Å²) in [5.74, 6) is -1.36. The lowest BCUT2D eigenvalue weighted by Gasteiger charge is -2.16. The third-order valence-electron chi connectivity index (χ3n) is 3.04. The van der Waals surface area contributed by atoms with Gasteiger partial charge in [0.15, 0.2) is 6.23 Å². The first-order chi connectivity index (χ1) is 11.5. The Bertz CT molecular complexity index is 870. The monoisotopic (exact) mass is 499 g/mol. The highest BCUT2D eigenvalue weighted by molar-refractivity contribution is 9.13. The molecule has 2 aromatic rings. The van der Waals surface area contributed by atoms with Crippen LogP contribution < -0.4 is 5.32 Å². The Morgan fingerprint density at radius 1 is 1.44 bits per heavy atom. The second kappa shape index (κ2) is 7.65. The van der Waals surface area contributed by atoms with Crippen molar-refractivity contribution in [3.8, 4) is 0 Å². The van der Waals surface area contributed by atoms with Crippen molar-refractivity contribution in [2.24, 2.45) is 0 Å². The predicted octanol–water partition coefficient (Wildman–Crippen LogP) is 3.74. The smallest absolute Gasteiger partial charge is 0.318 e. The van der Waals surface area contributed by atoms with Crippen molar-refractivity contribution in [2.45, 2.75) is 20.1 Å². The standard InChI is InChI=1S/C13H13Br2FN3O5P/c1-6-3-4-9(8(16)5-6)17-13(20)11-10(14)12(15)18-19(11)7(2)24-25(21,22)23/h3-5,7H,1-2H3,(H,17,20)(H2,21,22,23). The minimum atomic E-state index is -4.81. The summed E-state index contributed by atoms with van der Waals surface area (Å²) in [6, 6.07) is 4.29. The van der Waals surface area contributed by atoms with E-state index in [1.807, 2.05) is 0 Å². The highest BCUT2D eigenvalue weighted by Gasteiger charge is 2.28. The molecule has 0 fully saturated rings. The van der Waals surface area contributed by atoms with Gasteiger partial charge in [-0.2, -0.15) is 5.10 Å². The summed E-state index contributed by atoms with van der Waals surface area (Å²) in [7, 11) is -4.81. The number of carbonyl (C=O) groups excluding carboxylic acids is 1. The molecule has 12 heteroatoms. The number of phosphoric acid groups is 1. The molecule has 25 heavy (non-hydrogen) atoms. The number of phosphoric ester groups is 1. The van der Waals surface area contributed by atoms with Crippen LogP contribution >= 0.6 is 39.7 Å². The average Bonchev–Trinajstić information content (AvgIpc) is 2.76. The van der Waals surface area contributed by atoms with E-state index in [0.29, 0.717) is 5.56 Å². The van der Waals surface area contributed by atoms with Crippen LogP contribution in [0.1, 0.15) is 29.2 Å². The molecule has 0 aliphatic heterocycles. The van der Waals surface area contributed by atoms with Crippen LogP contribution in [0.5, 0.6) is 0 Å². The number of hydrogen-bond acceptors (Lipinski definition) is 4. The van der Waals surface area contributed by atoms with Crippen molar-refractivity contribution in [2.75, 3.05) is 5.32 Å². The third kappa shape index (κ3) is 4.96. The summed E-state index contributed by atoms with van der Waals surface area (Å²) >= 11 is 6.27. The molecule has 8 nitrogen and oxygen atoms in total. The van der Waals surface area contributed by atoms with E-state index in [4.69, 9.17) is 9.79 Å². The molecule has 1 heterocycles. The van der Waals surface area contributed by atoms with E-state index in [9.17, 15) is 13.8 Å². The number of anilines is 1. The topological polar surface area (TPSA) is 114 Å². The van der Waals surface area contributed by atoms with E-state index in [1.54, 1.807) is 13.0 Å². The zero-order valence-corrected chi connectivity index (χ0v) is 17.0. The molecule has 0 bridgehead atoms. The molecular weight excluding hydrogens is 488 g/mol. The van der Waals surface area contributed by atoms with Gasteiger partial charge in [-0.1, -0.05) is 6.07 Å². The molecule has 0 aliphatic carbocycles. The Morgan fingerprint density at radius 3 is 2.64 bits per heavy atom. The van der Waals surface area contributed by atoms with E-state index in [1.165, 1.54) is 19.1 Å². The van der Waals surface area contributed by atoms with Crippen LogP contribution in [0.25, 0.3) is 0 Å². The molecule has 3 N–H and O–H groups in total. The van der Waals surface area contributed by atoms with Gasteiger partial charge < -0.3 is 15.1 Å². The van der Waals surface area contributed by atoms with Gasteiger partial charge in [0.1, 0.15) is 16.1 Å². The molecule has 0 saturated carbocycles. The lowest BCUT2D eigenvalue weighted by molar-refractivity contribution is 0.0801. The van der Waals surface area contributed by atoms with E-state index in [2.05, 4.69) is 46.8 Å². The van der Waals surface area contributed by atoms with Crippen molar-refractivity contribution in [1.29, 1.82) is 0 Å². The van der Waals surface area contributed by atoms with Crippen molar-refractivity contribution in [1.82, 2.24) is 9.78 Å². The Hall–Kier alpha value is -1.10. The number of halogens is 3. The molecule has 0 spiro atoms. The van der Waals surface area contributed by atoms with Crippen molar-refractivity contribution < 1.29 is 28.1 Å². The molecule has 1 aromatic carbocycles. The van der Waals surface area contributed by atoms with Gasteiger partial charge in [-0.25, -0.2) is 13.6 Å². The van der Waals surface area contributed by atoms with Gasteiger partial charge in [0, 0.05) is 0 Å². The Kier molecular flexibility index (Phi) is 6.18. The number of aryl methyl sites for hydroxylation is 1. The molecule has 2 rings (SSSR count). The quantitative estimate of drug-likeness (QED) is 0.539. The number of aromatic nitrogens is 2. The highest BCUT2D eigenvalue weighted by atomic mass is 79.9. The number of hydrogen-bond donors (Lipinski definition) is 3. The molecule has 136 valence electrons. The zero-order valence-electron chi connectivity index (χ0n) is 12.9. The fraction of sp³-hybridized carbons (Fsp3) is 0.231. The van der Waals surface area contributed by atoms with Gasteiger partial charge in [0.2, 0.25) is 0 Å². The number of amides is 1. The lowest BCUT2D eigenvalue weighted by atomic mass is 10.2. The summed E-state index contributed by atoms with van der Waals surface area (Å²) in [6.45, 7) is 3.01. The predicted molar refractivity (Wildman–Crippen MR) is 94.6 cm³/mol. The van der Waals surface area contributed by atoms with Crippen molar-refractivity contribution >= 4 is 51.3 Å². The number of nitrogens with zero attached hydrogens (tertiary/aromatic N) is 2. The van der Waals surface area contributed by atoms with E-state index >= 15 is 0 Å². The largest absolute Gasteiger partial charge is 0.471 e. The Balaban J connectivity index is 2.37. The van der Waals surface area contributed by atoms with Crippen LogP contribution in [0.4, 0.5) is 10.1 Å². The van der Waals surface area contributed by atoms with Gasteiger partial charge in [-0.15, -0.1) is 0 Å². The van der Waals surface area contributed by atoms with Gasteiger partial charge in [-0.05, 0) is 63.4 Å². The fourth-order valence-corrected chi connectivity index (χ4v) is 3.29. The first-order valence-electron chi connectivity index (χ1n) is 6.74. The van der Waals surface area contributed by atoms with Gasteiger partial charge in [-0.3, -0.25) is 9.32 Å². The molecule has 0 saturated heterocycles. The van der Waals surface area contributed by atoms with Crippen LogP contribution in [0.15, 0.2) is 27.3 Å². The van der Waals surface area contributed by atoms with Crippen molar-refractivity contribution in [3.63, 3.8) is 0 Å². The van der Waals surface area contributed by atoms with E-state index in [0.717, 1.165) is 4.68 Å². The average molecular weight is 501 g/mol. The second-order valence-electron chi connectivity index (χ2n) is 5.03. The minimum absolute atomic E-state index is 0.0464. The van der Waals surface area contributed by atoms with Gasteiger partial charge >= 0.3 is 7.82 Å². The van der Waals surface area contributed by atoms with Gasteiger partial charge in [0.05, 0.1) is 10.2 Å². The zero-order chi connectivity index (χ0) is 18.9. The first kappa shape index (κ1) is 20.2. The van der Waals surface area contributed by atoms with Crippen LogP contribution in [0.2, 0.25) is 0 Å². The van der Waals surface area contributed by atoms with E-state index < -0.39 is 25.8 Å². The SMILES string of the molecule is Cc1ccc(NC(=O)c2c(Br)c(Br)nn2C(C)OP(=O)(O)O)c(F)c1. The number of benzene rings is 1. The second-order valence-corrected chi connectivity index (χ2v) is 7.77. The molecule has 1 aromatic heterocycles. The molecule has 1 amide bonds. The Morgan fingerprint density at radius 2 is 2.08 bits per heavy atom. The molecular formula is C13H13Br2FN3O5P. The minimum Gasteiger partial charge on any atom is -0.318 e. The van der Waals surface area contributed by atoms with Crippen LogP contribution in [0, 0.1) is 12.7 Å². The lowest BCUT2D eigenvalue weighted by Crippen LogP contribution is -2.22. The van der Waals surface area contributed by atoms with E-state index in [-0.39, 0.29) is 20.5 Å². The van der Waals surface area contributed by atoms with Gasteiger partial charge in [0.25, 0.3) is 5.91 Å². The molecule has 0 aliphatic rings. The molecule has 0 radical (unpaired) electrons. The summed E-state index contributed by atoms with van der Waals surface area (Å²) in [5, 5.41) is 6.35. The first-order valence-corrected chi connectivity index (χ1v) is 9.86. The fourth-order valence-electron chi connectivity index (χ4n) is 2.00. The summed E-state index contributed by atoms with van der Waals surface area (Å²) < 4.78 is 30.9. The molecule has 1 atom stereocenters. The van der Waals surface area contributed by atoms with Crippen LogP contribution in [-0.4, -0.2) is 25.5 Å². The van der Waals surface area contributed by atoms with Crippen LogP contribution in [-0.2, 0) is 9.09 Å². The van der Waals surface area contributed by atoms with Crippen LogP contribution in [0.3, 0.4) is 0 Å². The normalized spacial score (nSPS) is 12.9.